The van der Waals surface area contributed by atoms with Gasteiger partial charge in [-0.1, -0.05) is 97.1 Å². The van der Waals surface area contributed by atoms with Gasteiger partial charge < -0.3 is 28.7 Å². The first-order valence-corrected chi connectivity index (χ1v) is 16.8. The molecule has 2 aromatic carbocycles. The number of carbonyl (C=O) groups is 4. The van der Waals surface area contributed by atoms with Crippen LogP contribution in [0.25, 0.3) is 0 Å². The van der Waals surface area contributed by atoms with Crippen molar-refractivity contribution in [3.8, 4) is 0 Å². The van der Waals surface area contributed by atoms with Gasteiger partial charge in [0.15, 0.2) is 0 Å². The third-order valence-corrected chi connectivity index (χ3v) is 10.7. The van der Waals surface area contributed by atoms with Crippen LogP contribution in [0, 0.1) is 35.0 Å². The molecule has 2 heterocycles. The lowest BCUT2D eigenvalue weighted by Gasteiger charge is -2.46. The molecule has 3 aliphatic rings. The predicted molar refractivity (Wildman–Crippen MR) is 175 cm³/mol. The van der Waals surface area contributed by atoms with Crippen LogP contribution in [0.1, 0.15) is 31.4 Å². The number of rotatable bonds is 8. The lowest BCUT2D eigenvalue weighted by atomic mass is 9.56. The van der Waals surface area contributed by atoms with E-state index in [9.17, 15) is 19.2 Å². The van der Waals surface area contributed by atoms with E-state index in [1.807, 2.05) is 60.7 Å². The Morgan fingerprint density at radius 3 is 1.89 bits per heavy atom. The van der Waals surface area contributed by atoms with Crippen molar-refractivity contribution in [1.82, 2.24) is 9.80 Å². The van der Waals surface area contributed by atoms with Crippen molar-refractivity contribution in [2.24, 2.45) is 35.0 Å². The van der Waals surface area contributed by atoms with Crippen molar-refractivity contribution in [3.05, 3.63) is 71.8 Å². The molecule has 2 amide bonds. The predicted octanol–water partition coefficient (Wildman–Crippen LogP) is 5.57. The molecular formula is C34H43IN2O8. The molecule has 3 unspecified atom stereocenters. The summed E-state index contributed by atoms with van der Waals surface area (Å²) in [7, 11) is 2.80. The molecule has 0 N–H and O–H groups in total. The van der Waals surface area contributed by atoms with E-state index in [-0.39, 0.29) is 55.1 Å². The second-order valence-electron chi connectivity index (χ2n) is 12.2. The van der Waals surface area contributed by atoms with Crippen LogP contribution in [0.3, 0.4) is 0 Å². The molecule has 0 radical (unpaired) electrons. The van der Waals surface area contributed by atoms with Gasteiger partial charge in [-0.3, -0.25) is 9.59 Å². The maximum atomic E-state index is 12.3. The largest absolute Gasteiger partial charge is 0.469 e. The van der Waals surface area contributed by atoms with Gasteiger partial charge in [0.1, 0.15) is 13.2 Å². The summed E-state index contributed by atoms with van der Waals surface area (Å²) in [5, 5.41) is 0. The minimum atomic E-state index is -0.514. The van der Waals surface area contributed by atoms with Gasteiger partial charge in [-0.05, 0) is 41.2 Å². The number of halogens is 1. The minimum absolute atomic E-state index is 0.114. The highest BCUT2D eigenvalue weighted by Crippen LogP contribution is 2.56. The van der Waals surface area contributed by atoms with Crippen LogP contribution in [-0.4, -0.2) is 78.8 Å². The fourth-order valence-electron chi connectivity index (χ4n) is 6.76. The summed E-state index contributed by atoms with van der Waals surface area (Å²) in [6, 6.07) is 19.1. The van der Waals surface area contributed by atoms with E-state index in [1.165, 1.54) is 14.2 Å². The third kappa shape index (κ3) is 8.09. The summed E-state index contributed by atoms with van der Waals surface area (Å²) in [5.74, 6) is 0.360. The SMILES string of the molecule is COC(=O)C12C[C@H](C)C1CN(C(=O)OCc1ccccc1)C2.COC(=O)C1CN(C(=O)OCc2ccccc2)C[C@@H]1[C@@H](C)CI. The molecule has 5 rings (SSSR count). The van der Waals surface area contributed by atoms with E-state index in [4.69, 9.17) is 18.9 Å². The number of alkyl halides is 1. The number of hydrogen-bond acceptors (Lipinski definition) is 8. The normalized spacial score (nSPS) is 25.5. The molecule has 0 aromatic heterocycles. The van der Waals surface area contributed by atoms with E-state index in [2.05, 4.69) is 36.4 Å². The zero-order chi connectivity index (χ0) is 32.6. The molecule has 1 saturated carbocycles. The zero-order valence-electron chi connectivity index (χ0n) is 26.4. The van der Waals surface area contributed by atoms with Gasteiger partial charge in [0.05, 0.1) is 25.6 Å². The van der Waals surface area contributed by atoms with Crippen molar-refractivity contribution in [1.29, 1.82) is 0 Å². The number of hydrogen-bond donors (Lipinski definition) is 0. The van der Waals surface area contributed by atoms with Gasteiger partial charge in [0, 0.05) is 30.6 Å². The molecule has 2 aliphatic heterocycles. The molecule has 3 fully saturated rings. The monoisotopic (exact) mass is 734 g/mol. The molecule has 11 heteroatoms. The molecule has 10 nitrogen and oxygen atoms in total. The van der Waals surface area contributed by atoms with Crippen LogP contribution in [0.5, 0.6) is 0 Å². The Kier molecular flexibility index (Phi) is 12.1. The highest BCUT2D eigenvalue weighted by molar-refractivity contribution is 14.1. The number of fused-ring (bicyclic) bond motifs is 1. The summed E-state index contributed by atoms with van der Waals surface area (Å²) in [6.45, 7) is 6.60. The molecule has 2 aromatic rings. The Hall–Kier alpha value is -3.35. The molecule has 6 atom stereocenters. The van der Waals surface area contributed by atoms with E-state index in [0.717, 1.165) is 22.0 Å². The second kappa shape index (κ2) is 15.8. The number of benzene rings is 2. The Morgan fingerprint density at radius 2 is 1.40 bits per heavy atom. The molecule has 1 aliphatic carbocycles. The Labute approximate surface area is 278 Å². The summed E-state index contributed by atoms with van der Waals surface area (Å²) in [4.78, 5) is 51.9. The number of ether oxygens (including phenoxy) is 4. The first-order chi connectivity index (χ1) is 21.6. The number of esters is 2. The molecular weight excluding hydrogens is 691 g/mol. The summed E-state index contributed by atoms with van der Waals surface area (Å²) in [6.07, 6.45) is 0.0620. The maximum Gasteiger partial charge on any atom is 0.410 e. The van der Waals surface area contributed by atoms with Crippen LogP contribution >= 0.6 is 22.6 Å². The summed E-state index contributed by atoms with van der Waals surface area (Å²) >= 11 is 2.31. The smallest absolute Gasteiger partial charge is 0.410 e. The van der Waals surface area contributed by atoms with Crippen molar-refractivity contribution in [2.45, 2.75) is 33.5 Å². The molecule has 0 spiro atoms. The van der Waals surface area contributed by atoms with E-state index in [1.54, 1.807) is 9.80 Å². The Morgan fingerprint density at radius 1 is 0.844 bits per heavy atom. The van der Waals surface area contributed by atoms with Gasteiger partial charge >= 0.3 is 24.1 Å². The maximum absolute atomic E-state index is 12.3. The Balaban J connectivity index is 0.000000205. The average Bonchev–Trinajstić information content (AvgIpc) is 3.66. The lowest BCUT2D eigenvalue weighted by molar-refractivity contribution is -0.165. The number of likely N-dealkylation sites (tertiary alicyclic amines) is 2. The average molecular weight is 735 g/mol. The van der Waals surface area contributed by atoms with Crippen molar-refractivity contribution in [3.63, 3.8) is 0 Å². The van der Waals surface area contributed by atoms with E-state index >= 15 is 0 Å². The van der Waals surface area contributed by atoms with Crippen molar-refractivity contribution < 1.29 is 38.1 Å². The third-order valence-electron chi connectivity index (χ3n) is 9.33. The molecule has 2 saturated heterocycles. The van der Waals surface area contributed by atoms with E-state index < -0.39 is 5.41 Å². The van der Waals surface area contributed by atoms with Crippen LogP contribution in [0.15, 0.2) is 60.7 Å². The fourth-order valence-corrected chi connectivity index (χ4v) is 7.42. The highest BCUT2D eigenvalue weighted by atomic mass is 127. The fraction of sp³-hybridized carbons (Fsp3) is 0.529. The van der Waals surface area contributed by atoms with Crippen LogP contribution in [-0.2, 0) is 41.8 Å². The van der Waals surface area contributed by atoms with Crippen molar-refractivity contribution >= 4 is 46.7 Å². The number of methoxy groups -OCH3 is 2. The molecule has 244 valence electrons. The van der Waals surface area contributed by atoms with Gasteiger partial charge in [0.2, 0.25) is 0 Å². The summed E-state index contributed by atoms with van der Waals surface area (Å²) in [5.41, 5.74) is 1.38. The number of amides is 2. The highest BCUT2D eigenvalue weighted by Gasteiger charge is 2.63. The van der Waals surface area contributed by atoms with Gasteiger partial charge in [0.25, 0.3) is 0 Å². The van der Waals surface area contributed by atoms with Crippen LogP contribution in [0.2, 0.25) is 0 Å². The topological polar surface area (TPSA) is 112 Å². The van der Waals surface area contributed by atoms with E-state index in [0.29, 0.717) is 38.0 Å². The second-order valence-corrected chi connectivity index (χ2v) is 13.1. The minimum Gasteiger partial charge on any atom is -0.469 e. The number of carbonyl (C=O) groups excluding carboxylic acids is 4. The Bertz CT molecular complexity index is 1310. The van der Waals surface area contributed by atoms with Crippen molar-refractivity contribution in [2.75, 3.05) is 44.8 Å². The van der Waals surface area contributed by atoms with Gasteiger partial charge in [-0.15, -0.1) is 0 Å². The quantitative estimate of drug-likeness (QED) is 0.150. The first kappa shape index (κ1) is 34.5. The summed E-state index contributed by atoms with van der Waals surface area (Å²) < 4.78 is 21.5. The van der Waals surface area contributed by atoms with Crippen LogP contribution < -0.4 is 0 Å². The molecule has 0 bridgehead atoms. The number of nitrogens with zero attached hydrogens (tertiary/aromatic N) is 2. The van der Waals surface area contributed by atoms with Gasteiger partial charge in [-0.25, -0.2) is 9.59 Å². The zero-order valence-corrected chi connectivity index (χ0v) is 28.5. The molecule has 45 heavy (non-hydrogen) atoms. The lowest BCUT2D eigenvalue weighted by Crippen LogP contribution is -2.52. The first-order valence-electron chi connectivity index (χ1n) is 15.3. The standard InChI is InChI=1S/C17H22INO4.C17H21NO4/c1-12(8-18)14-9-19(10-15(14)16(20)22-2)17(21)23-11-13-6-4-3-5-7-13;1-12-8-17(15(19)21-2)11-18(9-14(12)17)16(20)22-10-13-6-4-3-5-7-13/h3-7,12,14-15H,8-11H2,1-2H3;3-7,12,14H,8-11H2,1-2H3/t12-,14+,15?;12-,14?,17?/m00/s1. The van der Waals surface area contributed by atoms with Gasteiger partial charge in [-0.2, -0.15) is 0 Å². The van der Waals surface area contributed by atoms with Crippen LogP contribution in [0.4, 0.5) is 9.59 Å².